The van der Waals surface area contributed by atoms with Crippen LogP contribution >= 0.6 is 11.6 Å². The van der Waals surface area contributed by atoms with E-state index in [4.69, 9.17) is 16.3 Å². The number of hydrogen-bond acceptors (Lipinski definition) is 2. The van der Waals surface area contributed by atoms with E-state index >= 15 is 0 Å². The maximum atomic E-state index is 11.9. The molecule has 114 valence electrons. The van der Waals surface area contributed by atoms with Crippen molar-refractivity contribution in [3.05, 3.63) is 65.7 Å². The van der Waals surface area contributed by atoms with Crippen molar-refractivity contribution in [2.45, 2.75) is 6.92 Å². The predicted octanol–water partition coefficient (Wildman–Crippen LogP) is 4.94. The van der Waals surface area contributed by atoms with Crippen LogP contribution in [0.25, 0.3) is 0 Å². The first kappa shape index (κ1) is 15.9. The molecule has 22 heavy (non-hydrogen) atoms. The van der Waals surface area contributed by atoms with E-state index in [1.807, 2.05) is 6.92 Å². The van der Waals surface area contributed by atoms with Crippen LogP contribution in [0.4, 0.5) is 16.2 Å². The van der Waals surface area contributed by atoms with Gasteiger partial charge in [0.25, 0.3) is 0 Å². The third-order valence-corrected chi connectivity index (χ3v) is 2.95. The van der Waals surface area contributed by atoms with Crippen LogP contribution in [0.15, 0.2) is 60.7 Å². The van der Waals surface area contributed by atoms with Crippen LogP contribution in [-0.4, -0.2) is 12.6 Å². The summed E-state index contributed by atoms with van der Waals surface area (Å²) < 4.78 is 5.49. The van der Waals surface area contributed by atoms with E-state index in [-0.39, 0.29) is 6.03 Å². The van der Waals surface area contributed by atoms with Gasteiger partial charge in [-0.1, -0.05) is 18.2 Å². The minimum absolute atomic E-state index is 0.321. The number of anilines is 2. The van der Waals surface area contributed by atoms with Crippen LogP contribution in [0, 0.1) is 0 Å². The highest BCUT2D eigenvalue weighted by Gasteiger charge is 2.03. The summed E-state index contributed by atoms with van der Waals surface area (Å²) in [5.41, 5.74) is 2.29. The fourth-order valence-electron chi connectivity index (χ4n) is 1.67. The number of urea groups is 1. The van der Waals surface area contributed by atoms with Gasteiger partial charge in [-0.2, -0.15) is 0 Å². The molecule has 0 aliphatic carbocycles. The number of carbonyl (C=O) groups is 1. The zero-order chi connectivity index (χ0) is 15.9. The van der Waals surface area contributed by atoms with Crippen molar-refractivity contribution in [3.8, 4) is 5.75 Å². The van der Waals surface area contributed by atoms with Gasteiger partial charge in [-0.3, -0.25) is 0 Å². The van der Waals surface area contributed by atoms with Gasteiger partial charge in [0, 0.05) is 16.4 Å². The molecule has 2 N–H and O–H groups in total. The van der Waals surface area contributed by atoms with E-state index in [0.29, 0.717) is 23.0 Å². The van der Waals surface area contributed by atoms with Crippen LogP contribution in [0.3, 0.4) is 0 Å². The molecule has 4 nitrogen and oxygen atoms in total. The van der Waals surface area contributed by atoms with Crippen molar-refractivity contribution in [1.82, 2.24) is 0 Å². The van der Waals surface area contributed by atoms with E-state index in [2.05, 4.69) is 17.2 Å². The molecule has 0 heterocycles. The van der Waals surface area contributed by atoms with Crippen LogP contribution in [0.1, 0.15) is 6.92 Å². The SMILES string of the molecule is C=C(C)COc1ccc(NC(=O)Nc2ccc(Cl)cc2)cc1. The van der Waals surface area contributed by atoms with Crippen molar-refractivity contribution < 1.29 is 9.53 Å². The molecule has 0 saturated heterocycles. The first-order valence-corrected chi connectivity index (χ1v) is 7.11. The second-order valence-corrected chi connectivity index (χ2v) is 5.29. The average molecular weight is 317 g/mol. The topological polar surface area (TPSA) is 50.4 Å². The summed E-state index contributed by atoms with van der Waals surface area (Å²) in [5, 5.41) is 6.08. The fraction of sp³-hybridized carbons (Fsp3) is 0.118. The van der Waals surface area contributed by atoms with Gasteiger partial charge in [-0.15, -0.1) is 0 Å². The quantitative estimate of drug-likeness (QED) is 0.768. The zero-order valence-corrected chi connectivity index (χ0v) is 13.0. The van der Waals surface area contributed by atoms with Gasteiger partial charge >= 0.3 is 6.03 Å². The molecule has 2 amide bonds. The predicted molar refractivity (Wildman–Crippen MR) is 90.8 cm³/mol. The number of nitrogens with one attached hydrogen (secondary N) is 2. The van der Waals surface area contributed by atoms with E-state index in [0.717, 1.165) is 11.3 Å². The van der Waals surface area contributed by atoms with E-state index in [9.17, 15) is 4.79 Å². The maximum absolute atomic E-state index is 11.9. The summed E-state index contributed by atoms with van der Waals surface area (Å²) in [6.45, 7) is 6.15. The molecule has 0 aliphatic rings. The molecule has 0 spiro atoms. The maximum Gasteiger partial charge on any atom is 0.323 e. The number of halogens is 1. The van der Waals surface area contributed by atoms with Crippen molar-refractivity contribution in [3.63, 3.8) is 0 Å². The molecular weight excluding hydrogens is 300 g/mol. The largest absolute Gasteiger partial charge is 0.489 e. The van der Waals surface area contributed by atoms with Crippen molar-refractivity contribution in [2.24, 2.45) is 0 Å². The van der Waals surface area contributed by atoms with Gasteiger partial charge in [0.05, 0.1) is 0 Å². The molecule has 0 unspecified atom stereocenters. The molecular formula is C17H17ClN2O2. The Kier molecular flexibility index (Phi) is 5.44. The fourth-order valence-corrected chi connectivity index (χ4v) is 1.79. The lowest BCUT2D eigenvalue weighted by atomic mass is 10.3. The van der Waals surface area contributed by atoms with E-state index < -0.39 is 0 Å². The molecule has 0 aromatic heterocycles. The third kappa shape index (κ3) is 5.14. The Labute approximate surface area is 134 Å². The third-order valence-electron chi connectivity index (χ3n) is 2.70. The van der Waals surface area contributed by atoms with Gasteiger partial charge in [-0.25, -0.2) is 4.79 Å². The number of rotatable bonds is 5. The Hall–Kier alpha value is -2.46. The first-order chi connectivity index (χ1) is 10.5. The Morgan fingerprint density at radius 3 is 2.05 bits per heavy atom. The van der Waals surface area contributed by atoms with Gasteiger partial charge < -0.3 is 15.4 Å². The minimum atomic E-state index is -0.321. The highest BCUT2D eigenvalue weighted by molar-refractivity contribution is 6.30. The normalized spacial score (nSPS) is 9.91. The van der Waals surface area contributed by atoms with Crippen LogP contribution < -0.4 is 15.4 Å². The minimum Gasteiger partial charge on any atom is -0.489 e. The van der Waals surface area contributed by atoms with Crippen LogP contribution in [-0.2, 0) is 0 Å². The number of benzene rings is 2. The molecule has 2 rings (SSSR count). The molecule has 0 saturated carbocycles. The van der Waals surface area contributed by atoms with Gasteiger partial charge in [0.2, 0.25) is 0 Å². The van der Waals surface area contributed by atoms with Crippen LogP contribution in [0.2, 0.25) is 5.02 Å². The monoisotopic (exact) mass is 316 g/mol. The lowest BCUT2D eigenvalue weighted by Gasteiger charge is -2.09. The van der Waals surface area contributed by atoms with E-state index in [1.54, 1.807) is 48.5 Å². The molecule has 5 heteroatoms. The molecule has 2 aromatic carbocycles. The summed E-state index contributed by atoms with van der Waals surface area (Å²) in [6, 6.07) is 13.7. The molecule has 0 bridgehead atoms. The first-order valence-electron chi connectivity index (χ1n) is 6.74. The summed E-state index contributed by atoms with van der Waals surface area (Å²) in [6.07, 6.45) is 0. The molecule has 0 atom stereocenters. The highest BCUT2D eigenvalue weighted by atomic mass is 35.5. The number of amides is 2. The second-order valence-electron chi connectivity index (χ2n) is 4.86. The molecule has 0 aliphatic heterocycles. The standard InChI is InChI=1S/C17H17ClN2O2/c1-12(2)11-22-16-9-7-15(8-10-16)20-17(21)19-14-5-3-13(18)4-6-14/h3-10H,1,11H2,2H3,(H2,19,20,21). The van der Waals surface area contributed by atoms with E-state index in [1.165, 1.54) is 0 Å². The Morgan fingerprint density at radius 2 is 1.55 bits per heavy atom. The van der Waals surface area contributed by atoms with Crippen molar-refractivity contribution in [2.75, 3.05) is 17.2 Å². The molecule has 0 radical (unpaired) electrons. The van der Waals surface area contributed by atoms with Crippen molar-refractivity contribution >= 4 is 29.0 Å². The summed E-state index contributed by atoms with van der Waals surface area (Å²) in [5.74, 6) is 0.728. The smallest absolute Gasteiger partial charge is 0.323 e. The van der Waals surface area contributed by atoms with Crippen molar-refractivity contribution in [1.29, 1.82) is 0 Å². The number of carbonyl (C=O) groups excluding carboxylic acids is 1. The summed E-state index contributed by atoms with van der Waals surface area (Å²) >= 11 is 5.79. The van der Waals surface area contributed by atoms with Gasteiger partial charge in [0.15, 0.2) is 0 Å². The summed E-state index contributed by atoms with van der Waals surface area (Å²) in [7, 11) is 0. The highest BCUT2D eigenvalue weighted by Crippen LogP contribution is 2.17. The number of hydrogen-bond donors (Lipinski definition) is 2. The Bertz CT molecular complexity index is 651. The van der Waals surface area contributed by atoms with Crippen LogP contribution in [0.5, 0.6) is 5.75 Å². The Balaban J connectivity index is 1.88. The lowest BCUT2D eigenvalue weighted by Crippen LogP contribution is -2.19. The summed E-state index contributed by atoms with van der Waals surface area (Å²) in [4.78, 5) is 11.9. The average Bonchev–Trinajstić information content (AvgIpc) is 2.49. The second kappa shape index (κ2) is 7.52. The van der Waals surface area contributed by atoms with Gasteiger partial charge in [0.1, 0.15) is 12.4 Å². The van der Waals surface area contributed by atoms with Gasteiger partial charge in [-0.05, 0) is 61.0 Å². The zero-order valence-electron chi connectivity index (χ0n) is 12.2. The molecule has 0 fully saturated rings. The lowest BCUT2D eigenvalue weighted by molar-refractivity contribution is 0.262. The Morgan fingerprint density at radius 1 is 1.05 bits per heavy atom. The molecule has 2 aromatic rings. The number of ether oxygens (including phenoxy) is 1.